The van der Waals surface area contributed by atoms with Crippen LogP contribution in [0.1, 0.15) is 26.3 Å². The van der Waals surface area contributed by atoms with Crippen molar-refractivity contribution in [3.8, 4) is 0 Å². The maximum Gasteiger partial charge on any atom is 0.410 e. The first-order chi connectivity index (χ1) is 12.7. The van der Waals surface area contributed by atoms with Crippen LogP contribution in [0.25, 0.3) is 0 Å². The number of β-lactam (4-membered cyclic amide) rings is 1. The van der Waals surface area contributed by atoms with Gasteiger partial charge < -0.3 is 14.0 Å². The molecular weight excluding hydrogens is 364 g/mol. The molecule has 147 valence electrons. The van der Waals surface area contributed by atoms with E-state index in [0.29, 0.717) is 6.54 Å². The lowest BCUT2D eigenvalue weighted by molar-refractivity contribution is -0.162. The zero-order chi connectivity index (χ0) is 20.0. The van der Waals surface area contributed by atoms with Crippen molar-refractivity contribution in [1.82, 2.24) is 9.88 Å². The van der Waals surface area contributed by atoms with Crippen molar-refractivity contribution >= 4 is 26.9 Å². The molecule has 1 fully saturated rings. The van der Waals surface area contributed by atoms with Crippen LogP contribution in [0.3, 0.4) is 0 Å². The molecule has 27 heavy (non-hydrogen) atoms. The van der Waals surface area contributed by atoms with E-state index in [1.54, 1.807) is 4.57 Å². The summed E-state index contributed by atoms with van der Waals surface area (Å²) >= 11 is 0. The van der Waals surface area contributed by atoms with Crippen LogP contribution in [0.15, 0.2) is 30.3 Å². The number of rotatable bonds is 7. The molecule has 1 unspecified atom stereocenters. The van der Waals surface area contributed by atoms with Gasteiger partial charge in [-0.1, -0.05) is 57.7 Å². The molecule has 7 nitrogen and oxygen atoms in total. The van der Waals surface area contributed by atoms with Gasteiger partial charge >= 0.3 is 12.1 Å². The second kappa shape index (κ2) is 9.03. The first kappa shape index (κ1) is 21.0. The van der Waals surface area contributed by atoms with Crippen LogP contribution in [-0.4, -0.2) is 44.8 Å². The fourth-order valence-electron chi connectivity index (χ4n) is 2.85. The minimum Gasteiger partial charge on any atom is -0.445 e. The fraction of sp³-hybridized carbons (Fsp3) is 0.526. The molecule has 0 aliphatic carbocycles. The van der Waals surface area contributed by atoms with Gasteiger partial charge in [0.15, 0.2) is 21.6 Å². The average molecular weight is 392 g/mol. The highest BCUT2D eigenvalue weighted by Crippen LogP contribution is 2.28. The minimum absolute atomic E-state index is 0.131. The van der Waals surface area contributed by atoms with Crippen molar-refractivity contribution in [3.63, 3.8) is 0 Å². The van der Waals surface area contributed by atoms with Gasteiger partial charge in [-0.2, -0.15) is 0 Å². The van der Waals surface area contributed by atoms with Gasteiger partial charge in [-0.05, 0) is 17.0 Å². The van der Waals surface area contributed by atoms with Crippen molar-refractivity contribution in [1.29, 1.82) is 0 Å². The van der Waals surface area contributed by atoms with Gasteiger partial charge in [0.05, 0.1) is 0 Å². The number of carbonyl (C=O) groups excluding carboxylic acids is 3. The average Bonchev–Trinajstić information content (AvgIpc) is 2.58. The Balaban J connectivity index is 1.65. The first-order valence-corrected chi connectivity index (χ1v) is 11.1. The number of nitrogens with zero attached hydrogens (tertiary/aromatic N) is 1. The van der Waals surface area contributed by atoms with Crippen molar-refractivity contribution in [2.45, 2.75) is 40.0 Å². The van der Waals surface area contributed by atoms with Crippen molar-refractivity contribution in [2.24, 2.45) is 11.3 Å². The zero-order valence-corrected chi connectivity index (χ0v) is 17.3. The van der Waals surface area contributed by atoms with Gasteiger partial charge in [-0.3, -0.25) is 14.9 Å². The lowest BCUT2D eigenvalue weighted by atomic mass is 10.0. The lowest BCUT2D eigenvalue weighted by Crippen LogP contribution is -2.61. The van der Waals surface area contributed by atoms with Crippen LogP contribution >= 0.6 is 0 Å². The van der Waals surface area contributed by atoms with Crippen molar-refractivity contribution in [3.05, 3.63) is 35.9 Å². The second-order valence-electron chi connectivity index (χ2n) is 7.82. The van der Waals surface area contributed by atoms with Crippen molar-refractivity contribution in [2.75, 3.05) is 13.3 Å². The van der Waals surface area contributed by atoms with Gasteiger partial charge in [-0.25, -0.2) is 4.79 Å². The Kier molecular flexibility index (Phi) is 7.01. The number of alkyl carbamates (subject to hydrolysis) is 1. The monoisotopic (exact) mass is 391 g/mol. The Labute approximate surface area is 161 Å². The Morgan fingerprint density at radius 3 is 2.48 bits per heavy atom. The van der Waals surface area contributed by atoms with E-state index in [2.05, 4.69) is 32.6 Å². The number of esters is 1. The summed E-state index contributed by atoms with van der Waals surface area (Å²) in [4.78, 5) is 35.8. The molecule has 1 radical (unpaired) electrons. The predicted molar refractivity (Wildman–Crippen MR) is 102 cm³/mol. The maximum atomic E-state index is 12.2. The number of hydrogen-bond acceptors (Lipinski definition) is 5. The van der Waals surface area contributed by atoms with E-state index in [1.165, 1.54) is 0 Å². The summed E-state index contributed by atoms with van der Waals surface area (Å²) in [5.41, 5.74) is 1.01. The standard InChI is InChI=1S/C19H27N2O5Si/c1-19(2,3)12-27(4)21-10-15(16(21)22)17(23)26-13-20-18(24)25-11-14-8-6-5-7-9-14/h5-9,15H,10-13H2,1-4H3,(H,20,24). The first-order valence-electron chi connectivity index (χ1n) is 8.92. The molecule has 0 spiro atoms. The van der Waals surface area contributed by atoms with Crippen LogP contribution in [0.5, 0.6) is 0 Å². The van der Waals surface area contributed by atoms with E-state index in [0.717, 1.165) is 11.6 Å². The summed E-state index contributed by atoms with van der Waals surface area (Å²) in [5.74, 6) is -1.54. The van der Waals surface area contributed by atoms with E-state index in [-0.39, 0.29) is 24.7 Å². The predicted octanol–water partition coefficient (Wildman–Crippen LogP) is 2.54. The van der Waals surface area contributed by atoms with E-state index < -0.39 is 26.9 Å². The molecule has 1 aliphatic rings. The fourth-order valence-corrected chi connectivity index (χ4v) is 5.60. The Hall–Kier alpha value is -2.35. The van der Waals surface area contributed by atoms with Crippen LogP contribution < -0.4 is 5.32 Å². The van der Waals surface area contributed by atoms with Gasteiger partial charge in [0, 0.05) is 6.54 Å². The third kappa shape index (κ3) is 6.39. The smallest absolute Gasteiger partial charge is 0.410 e. The number of benzene rings is 1. The van der Waals surface area contributed by atoms with Crippen LogP contribution in [-0.2, 0) is 25.7 Å². The van der Waals surface area contributed by atoms with Gasteiger partial charge in [0.2, 0.25) is 5.91 Å². The molecule has 1 aliphatic heterocycles. The second-order valence-corrected chi connectivity index (χ2v) is 10.2. The summed E-state index contributed by atoms with van der Waals surface area (Å²) in [7, 11) is -0.983. The molecule has 1 atom stereocenters. The van der Waals surface area contributed by atoms with E-state index in [9.17, 15) is 14.4 Å². The number of hydrogen-bond donors (Lipinski definition) is 1. The molecule has 0 bridgehead atoms. The Morgan fingerprint density at radius 1 is 1.22 bits per heavy atom. The molecule has 1 N–H and O–H groups in total. The van der Waals surface area contributed by atoms with Crippen molar-refractivity contribution < 1.29 is 23.9 Å². The highest BCUT2D eigenvalue weighted by atomic mass is 28.3. The van der Waals surface area contributed by atoms with Crippen LogP contribution in [0, 0.1) is 11.3 Å². The summed E-state index contributed by atoms with van der Waals surface area (Å²) in [6.07, 6.45) is -0.683. The molecule has 0 saturated carbocycles. The highest BCUT2D eigenvalue weighted by Gasteiger charge is 2.45. The topological polar surface area (TPSA) is 84.9 Å². The quantitative estimate of drug-likeness (QED) is 0.254. The molecule has 2 amide bonds. The molecule has 2 rings (SSSR count). The molecule has 0 aromatic heterocycles. The summed E-state index contributed by atoms with van der Waals surface area (Å²) in [6.45, 7) is 8.71. The summed E-state index contributed by atoms with van der Waals surface area (Å²) in [5, 5.41) is 2.34. The number of carbonyl (C=O) groups is 3. The largest absolute Gasteiger partial charge is 0.445 e. The molecule has 1 heterocycles. The normalized spacial score (nSPS) is 16.7. The van der Waals surface area contributed by atoms with E-state index >= 15 is 0 Å². The van der Waals surface area contributed by atoms with Gasteiger partial charge in [0.1, 0.15) is 6.61 Å². The molecule has 8 heteroatoms. The third-order valence-corrected chi connectivity index (χ3v) is 7.00. The number of amides is 2. The highest BCUT2D eigenvalue weighted by molar-refractivity contribution is 6.58. The van der Waals surface area contributed by atoms with Gasteiger partial charge in [0.25, 0.3) is 0 Å². The summed E-state index contributed by atoms with van der Waals surface area (Å²) in [6, 6.07) is 10.2. The molecule has 1 saturated heterocycles. The van der Waals surface area contributed by atoms with Gasteiger partial charge in [-0.15, -0.1) is 0 Å². The SMILES string of the molecule is C[Si](CC(C)(C)C)N1CC(C(=O)OCNC(=O)OCc2ccccc2)C1=O. The van der Waals surface area contributed by atoms with Crippen LogP contribution in [0.4, 0.5) is 4.79 Å². The lowest BCUT2D eigenvalue weighted by Gasteiger charge is -2.42. The maximum absolute atomic E-state index is 12.2. The zero-order valence-electron chi connectivity index (χ0n) is 16.3. The molecular formula is C19H27N2O5Si. The van der Waals surface area contributed by atoms with Crippen LogP contribution in [0.2, 0.25) is 12.6 Å². The van der Waals surface area contributed by atoms with E-state index in [1.807, 2.05) is 30.3 Å². The Bertz CT molecular complexity index is 674. The number of nitrogens with one attached hydrogen (secondary N) is 1. The molecule has 1 aromatic carbocycles. The number of ether oxygens (including phenoxy) is 2. The van der Waals surface area contributed by atoms with E-state index in [4.69, 9.17) is 9.47 Å². The molecule has 1 aromatic rings. The Morgan fingerprint density at radius 2 is 1.89 bits per heavy atom. The minimum atomic E-state index is -0.983. The summed E-state index contributed by atoms with van der Waals surface area (Å²) < 4.78 is 11.8. The third-order valence-electron chi connectivity index (χ3n) is 4.10.